The fourth-order valence-corrected chi connectivity index (χ4v) is 3.76. The van der Waals surface area contributed by atoms with Gasteiger partial charge in [-0.05, 0) is 50.0 Å². The normalized spacial score (nSPS) is 19.2. The molecule has 2 aliphatic rings. The lowest BCUT2D eigenvalue weighted by atomic mass is 9.96. The van der Waals surface area contributed by atoms with Crippen LogP contribution in [0.5, 0.6) is 0 Å². The topological polar surface area (TPSA) is 53.9 Å². The summed E-state index contributed by atoms with van der Waals surface area (Å²) in [6, 6.07) is 10.7. The quantitative estimate of drug-likeness (QED) is 0.290. The van der Waals surface area contributed by atoms with Crippen LogP contribution in [-0.4, -0.2) is 50.1 Å². The molecule has 0 radical (unpaired) electrons. The Bertz CT molecular complexity index is 624. The van der Waals surface area contributed by atoms with Crippen LogP contribution in [-0.2, 0) is 16.0 Å². The van der Waals surface area contributed by atoms with E-state index >= 15 is 0 Å². The van der Waals surface area contributed by atoms with Crippen molar-refractivity contribution < 1.29 is 9.53 Å². The number of hydrogen-bond donors (Lipinski definition) is 1. The third kappa shape index (κ3) is 6.09. The fourth-order valence-electron chi connectivity index (χ4n) is 3.76. The minimum absolute atomic E-state index is 0. The molecule has 0 unspecified atom stereocenters. The number of nitrogens with zero attached hydrogens (tertiary/aromatic N) is 2. The molecule has 1 heterocycles. The van der Waals surface area contributed by atoms with E-state index < -0.39 is 0 Å². The lowest BCUT2D eigenvalue weighted by Crippen LogP contribution is -2.47. The number of halogens is 1. The number of aliphatic imine (C=N–C) groups is 1. The molecule has 2 fully saturated rings. The van der Waals surface area contributed by atoms with Crippen LogP contribution in [0, 0.1) is 11.3 Å². The summed E-state index contributed by atoms with van der Waals surface area (Å²) in [4.78, 5) is 19.0. The average Bonchev–Trinajstić information content (AvgIpc) is 3.45. The second kappa shape index (κ2) is 10.3. The molecule has 3 rings (SSSR count). The molecular weight excluding hydrogens is 453 g/mol. The van der Waals surface area contributed by atoms with Crippen molar-refractivity contribution in [3.63, 3.8) is 0 Å². The van der Waals surface area contributed by atoms with Gasteiger partial charge < -0.3 is 15.0 Å². The summed E-state index contributed by atoms with van der Waals surface area (Å²) in [7, 11) is 1.47. The molecule has 0 aromatic heterocycles. The highest BCUT2D eigenvalue weighted by Crippen LogP contribution is 2.48. The van der Waals surface area contributed by atoms with Gasteiger partial charge in [-0.1, -0.05) is 30.3 Å². The van der Waals surface area contributed by atoms with Gasteiger partial charge in [0.2, 0.25) is 0 Å². The Morgan fingerprint density at radius 3 is 2.48 bits per heavy atom. The van der Waals surface area contributed by atoms with Crippen molar-refractivity contribution in [2.45, 2.75) is 39.0 Å². The minimum Gasteiger partial charge on any atom is -0.469 e. The van der Waals surface area contributed by atoms with Crippen LogP contribution in [0.2, 0.25) is 0 Å². The zero-order chi connectivity index (χ0) is 18.4. The summed E-state index contributed by atoms with van der Waals surface area (Å²) in [5.74, 6) is 0.952. The van der Waals surface area contributed by atoms with Crippen LogP contribution in [0.3, 0.4) is 0 Å². The molecule has 1 aromatic carbocycles. The Morgan fingerprint density at radius 2 is 1.93 bits per heavy atom. The van der Waals surface area contributed by atoms with E-state index in [0.717, 1.165) is 51.4 Å². The van der Waals surface area contributed by atoms with Gasteiger partial charge in [-0.3, -0.25) is 9.79 Å². The summed E-state index contributed by atoms with van der Waals surface area (Å²) in [6.45, 7) is 5.56. The summed E-state index contributed by atoms with van der Waals surface area (Å²) in [5.41, 5.74) is 1.75. The number of likely N-dealkylation sites (tertiary alicyclic amines) is 1. The maximum absolute atomic E-state index is 11.7. The summed E-state index contributed by atoms with van der Waals surface area (Å²) in [5, 5.41) is 3.43. The van der Waals surface area contributed by atoms with Gasteiger partial charge in [-0.25, -0.2) is 0 Å². The lowest BCUT2D eigenvalue weighted by Gasteiger charge is -2.33. The van der Waals surface area contributed by atoms with Crippen LogP contribution < -0.4 is 5.32 Å². The third-order valence-electron chi connectivity index (χ3n) is 5.61. The van der Waals surface area contributed by atoms with E-state index in [-0.39, 0.29) is 35.9 Å². The van der Waals surface area contributed by atoms with E-state index in [1.807, 2.05) is 0 Å². The van der Waals surface area contributed by atoms with Crippen LogP contribution in [0.15, 0.2) is 35.3 Å². The van der Waals surface area contributed by atoms with Crippen molar-refractivity contribution in [1.82, 2.24) is 10.2 Å². The highest BCUT2D eigenvalue weighted by molar-refractivity contribution is 14.0. The van der Waals surface area contributed by atoms with Gasteiger partial charge in [0.05, 0.1) is 13.0 Å². The summed E-state index contributed by atoms with van der Waals surface area (Å²) in [6.07, 6.45) is 5.31. The zero-order valence-corrected chi connectivity index (χ0v) is 18.8. The Hall–Kier alpha value is -1.31. The largest absolute Gasteiger partial charge is 0.469 e. The van der Waals surface area contributed by atoms with Crippen molar-refractivity contribution >= 4 is 35.9 Å². The summed E-state index contributed by atoms with van der Waals surface area (Å²) >= 11 is 0. The molecule has 1 N–H and O–H groups in total. The molecule has 1 aliphatic heterocycles. The number of piperidine rings is 1. The number of methoxy groups -OCH3 is 1. The first kappa shape index (κ1) is 22.0. The summed E-state index contributed by atoms with van der Waals surface area (Å²) < 4.78 is 4.89. The molecule has 0 spiro atoms. The number of guanidine groups is 1. The van der Waals surface area contributed by atoms with Gasteiger partial charge in [0, 0.05) is 26.2 Å². The monoisotopic (exact) mass is 485 g/mol. The Labute approximate surface area is 180 Å². The number of carbonyl (C=O) groups is 1. The molecule has 6 heteroatoms. The van der Waals surface area contributed by atoms with Gasteiger partial charge in [-0.15, -0.1) is 24.0 Å². The molecule has 0 amide bonds. The van der Waals surface area contributed by atoms with E-state index in [2.05, 4.69) is 47.5 Å². The first-order valence-corrected chi connectivity index (χ1v) is 9.81. The zero-order valence-electron chi connectivity index (χ0n) is 16.4. The highest BCUT2D eigenvalue weighted by Gasteiger charge is 2.42. The molecule has 5 nitrogen and oxygen atoms in total. The van der Waals surface area contributed by atoms with Crippen molar-refractivity contribution in [2.24, 2.45) is 16.3 Å². The van der Waals surface area contributed by atoms with Gasteiger partial charge in [-0.2, -0.15) is 0 Å². The van der Waals surface area contributed by atoms with Gasteiger partial charge >= 0.3 is 5.97 Å². The number of rotatable bonds is 6. The molecule has 1 aliphatic carbocycles. The van der Waals surface area contributed by atoms with Crippen LogP contribution in [0.25, 0.3) is 0 Å². The van der Waals surface area contributed by atoms with Crippen molar-refractivity contribution in [3.05, 3.63) is 35.9 Å². The van der Waals surface area contributed by atoms with Crippen molar-refractivity contribution in [3.8, 4) is 0 Å². The van der Waals surface area contributed by atoms with Gasteiger partial charge in [0.1, 0.15) is 0 Å². The maximum Gasteiger partial charge on any atom is 0.308 e. The Kier molecular flexibility index (Phi) is 8.38. The first-order valence-electron chi connectivity index (χ1n) is 9.81. The Balaban J connectivity index is 0.00000261. The third-order valence-corrected chi connectivity index (χ3v) is 5.61. The first-order chi connectivity index (χ1) is 12.7. The lowest BCUT2D eigenvalue weighted by molar-refractivity contribution is -0.146. The molecule has 1 saturated heterocycles. The average molecular weight is 485 g/mol. The SMILES string of the molecule is CCNC(=NCC1(Cc2ccccc2)CC1)N1CCC(C(=O)OC)CC1.I. The van der Waals surface area contributed by atoms with Gasteiger partial charge in [0.15, 0.2) is 5.96 Å². The molecule has 1 aromatic rings. The minimum atomic E-state index is -0.0774. The standard InChI is InChI=1S/C21H31N3O2.HI/c1-3-22-20(24-13-9-18(10-14-24)19(25)26-2)23-16-21(11-12-21)15-17-7-5-4-6-8-17;/h4-8,18H,3,9-16H2,1-2H3,(H,22,23);1H. The molecule has 27 heavy (non-hydrogen) atoms. The number of nitrogens with one attached hydrogen (secondary N) is 1. The van der Waals surface area contributed by atoms with Crippen LogP contribution in [0.1, 0.15) is 38.2 Å². The van der Waals surface area contributed by atoms with Gasteiger partial charge in [0.25, 0.3) is 0 Å². The highest BCUT2D eigenvalue weighted by atomic mass is 127. The second-order valence-electron chi connectivity index (χ2n) is 7.62. The van der Waals surface area contributed by atoms with Crippen molar-refractivity contribution in [2.75, 3.05) is 33.3 Å². The van der Waals surface area contributed by atoms with E-state index in [1.54, 1.807) is 0 Å². The number of carbonyl (C=O) groups excluding carboxylic acids is 1. The fraction of sp³-hybridized carbons (Fsp3) is 0.619. The molecule has 0 atom stereocenters. The predicted octanol–water partition coefficient (Wildman–Crippen LogP) is 3.48. The van der Waals surface area contributed by atoms with Crippen LogP contribution in [0.4, 0.5) is 0 Å². The van der Waals surface area contributed by atoms with Crippen molar-refractivity contribution in [1.29, 1.82) is 0 Å². The number of ether oxygens (including phenoxy) is 1. The number of benzene rings is 1. The molecular formula is C21H32IN3O2. The molecule has 150 valence electrons. The van der Waals surface area contributed by atoms with E-state index in [9.17, 15) is 4.79 Å². The van der Waals surface area contributed by atoms with Crippen LogP contribution >= 0.6 is 24.0 Å². The Morgan fingerprint density at radius 1 is 1.26 bits per heavy atom. The second-order valence-corrected chi connectivity index (χ2v) is 7.62. The number of esters is 1. The smallest absolute Gasteiger partial charge is 0.308 e. The van der Waals surface area contributed by atoms with E-state index in [1.165, 1.54) is 25.5 Å². The number of hydrogen-bond acceptors (Lipinski definition) is 3. The van der Waals surface area contributed by atoms with E-state index in [0.29, 0.717) is 5.41 Å². The molecule has 1 saturated carbocycles. The van der Waals surface area contributed by atoms with E-state index in [4.69, 9.17) is 9.73 Å². The predicted molar refractivity (Wildman–Crippen MR) is 120 cm³/mol. The maximum atomic E-state index is 11.7. The molecule has 0 bridgehead atoms.